The monoisotopic (exact) mass is 379 g/mol. The first-order valence-corrected chi connectivity index (χ1v) is 11.1. The van der Waals surface area contributed by atoms with Crippen molar-refractivity contribution in [2.45, 2.75) is 95.8 Å². The summed E-state index contributed by atoms with van der Waals surface area (Å²) in [6, 6.07) is 10.7. The van der Waals surface area contributed by atoms with E-state index in [1.54, 1.807) is 0 Å². The molecule has 4 heteroatoms. The molecule has 1 aliphatic carbocycles. The van der Waals surface area contributed by atoms with Gasteiger partial charge in [0.2, 0.25) is 11.8 Å². The number of aryl methyl sites for hydroxylation is 1. The summed E-state index contributed by atoms with van der Waals surface area (Å²) in [5.74, 6) is 0.987. The number of nitrogens with zero attached hydrogens (tertiary/aromatic N) is 3. The summed E-state index contributed by atoms with van der Waals surface area (Å²) >= 11 is 0. The lowest BCUT2D eigenvalue weighted by Gasteiger charge is -2.04. The zero-order chi connectivity index (χ0) is 19.7. The predicted octanol–water partition coefficient (Wildman–Crippen LogP) is 6.76. The second-order valence-corrected chi connectivity index (χ2v) is 8.24. The van der Waals surface area contributed by atoms with Crippen molar-refractivity contribution in [2.75, 3.05) is 0 Å². The SMILES string of the molecule is CCCCCCCCCCCCc1ccc(-c2nnc(C3(C#N)CC3)o2)cc1. The molecule has 1 aromatic carbocycles. The van der Waals surface area contributed by atoms with E-state index in [0.717, 1.165) is 24.8 Å². The zero-order valence-electron chi connectivity index (χ0n) is 17.3. The maximum atomic E-state index is 9.24. The summed E-state index contributed by atoms with van der Waals surface area (Å²) in [6.07, 6.45) is 16.5. The van der Waals surface area contributed by atoms with Crippen LogP contribution in [0.5, 0.6) is 0 Å². The van der Waals surface area contributed by atoms with Gasteiger partial charge < -0.3 is 4.42 Å². The number of hydrogen-bond donors (Lipinski definition) is 0. The number of unbranched alkanes of at least 4 members (excludes halogenated alkanes) is 9. The summed E-state index contributed by atoms with van der Waals surface area (Å²) < 4.78 is 5.75. The third kappa shape index (κ3) is 5.67. The second-order valence-electron chi connectivity index (χ2n) is 8.24. The highest BCUT2D eigenvalue weighted by molar-refractivity contribution is 5.53. The second kappa shape index (κ2) is 10.4. The third-order valence-electron chi connectivity index (χ3n) is 5.82. The Morgan fingerprint density at radius 2 is 1.50 bits per heavy atom. The Labute approximate surface area is 169 Å². The average molecular weight is 380 g/mol. The lowest BCUT2D eigenvalue weighted by molar-refractivity contribution is 0.481. The van der Waals surface area contributed by atoms with Crippen molar-refractivity contribution in [1.82, 2.24) is 10.2 Å². The van der Waals surface area contributed by atoms with Gasteiger partial charge in [-0.15, -0.1) is 10.2 Å². The number of aromatic nitrogens is 2. The smallest absolute Gasteiger partial charge is 0.247 e. The van der Waals surface area contributed by atoms with Crippen molar-refractivity contribution in [2.24, 2.45) is 0 Å². The maximum Gasteiger partial charge on any atom is 0.247 e. The van der Waals surface area contributed by atoms with Crippen molar-refractivity contribution in [3.63, 3.8) is 0 Å². The molecular weight excluding hydrogens is 346 g/mol. The number of benzene rings is 1. The van der Waals surface area contributed by atoms with E-state index in [1.807, 2.05) is 0 Å². The molecule has 0 amide bonds. The van der Waals surface area contributed by atoms with Crippen molar-refractivity contribution in [3.8, 4) is 17.5 Å². The Hall–Kier alpha value is -2.15. The van der Waals surface area contributed by atoms with Crippen LogP contribution in [0.15, 0.2) is 28.7 Å². The molecule has 1 saturated carbocycles. The van der Waals surface area contributed by atoms with E-state index < -0.39 is 5.41 Å². The molecule has 3 rings (SSSR count). The van der Waals surface area contributed by atoms with Crippen LogP contribution in [-0.2, 0) is 11.8 Å². The van der Waals surface area contributed by atoms with Crippen LogP contribution in [0.25, 0.3) is 11.5 Å². The number of rotatable bonds is 13. The van der Waals surface area contributed by atoms with Crippen LogP contribution >= 0.6 is 0 Å². The Kier molecular flexibility index (Phi) is 7.65. The molecule has 1 aromatic heterocycles. The van der Waals surface area contributed by atoms with Crippen LogP contribution in [0.2, 0.25) is 0 Å². The van der Waals surface area contributed by atoms with E-state index >= 15 is 0 Å². The van der Waals surface area contributed by atoms with Crippen molar-refractivity contribution in [3.05, 3.63) is 35.7 Å². The maximum absolute atomic E-state index is 9.24. The van der Waals surface area contributed by atoms with Gasteiger partial charge >= 0.3 is 0 Å². The van der Waals surface area contributed by atoms with E-state index in [0.29, 0.717) is 11.8 Å². The molecule has 0 radical (unpaired) electrons. The largest absolute Gasteiger partial charge is 0.419 e. The highest BCUT2D eigenvalue weighted by Crippen LogP contribution is 2.47. The van der Waals surface area contributed by atoms with E-state index in [4.69, 9.17) is 4.42 Å². The predicted molar refractivity (Wildman–Crippen MR) is 112 cm³/mol. The van der Waals surface area contributed by atoms with Gasteiger partial charge in [0.1, 0.15) is 5.41 Å². The average Bonchev–Trinajstić information content (AvgIpc) is 3.38. The molecule has 0 atom stereocenters. The van der Waals surface area contributed by atoms with Crippen LogP contribution in [0.4, 0.5) is 0 Å². The summed E-state index contributed by atoms with van der Waals surface area (Å²) in [6.45, 7) is 2.27. The first-order chi connectivity index (χ1) is 13.8. The fraction of sp³-hybridized carbons (Fsp3) is 0.625. The summed E-state index contributed by atoms with van der Waals surface area (Å²) in [5.41, 5.74) is 1.78. The topological polar surface area (TPSA) is 62.7 Å². The van der Waals surface area contributed by atoms with Gasteiger partial charge in [0.15, 0.2) is 0 Å². The minimum Gasteiger partial charge on any atom is -0.419 e. The van der Waals surface area contributed by atoms with Crippen LogP contribution in [0, 0.1) is 11.3 Å². The minimum atomic E-state index is -0.513. The van der Waals surface area contributed by atoms with Crippen LogP contribution in [0.1, 0.15) is 95.4 Å². The highest BCUT2D eigenvalue weighted by atomic mass is 16.4. The Morgan fingerprint density at radius 1 is 0.893 bits per heavy atom. The van der Waals surface area contributed by atoms with Crippen LogP contribution in [-0.4, -0.2) is 10.2 Å². The summed E-state index contributed by atoms with van der Waals surface area (Å²) in [7, 11) is 0. The molecule has 2 aromatic rings. The Balaban J connectivity index is 1.33. The van der Waals surface area contributed by atoms with Gasteiger partial charge in [-0.05, 0) is 43.4 Å². The van der Waals surface area contributed by atoms with Gasteiger partial charge in [0, 0.05) is 5.56 Å². The first kappa shape index (κ1) is 20.6. The van der Waals surface area contributed by atoms with Crippen molar-refractivity contribution >= 4 is 0 Å². The highest BCUT2D eigenvalue weighted by Gasteiger charge is 2.50. The minimum absolute atomic E-state index is 0.472. The molecular formula is C24H33N3O. The van der Waals surface area contributed by atoms with E-state index in [-0.39, 0.29) is 0 Å². The summed E-state index contributed by atoms with van der Waals surface area (Å²) in [4.78, 5) is 0. The molecule has 4 nitrogen and oxygen atoms in total. The van der Waals surface area contributed by atoms with Gasteiger partial charge in [0.05, 0.1) is 6.07 Å². The summed E-state index contributed by atoms with van der Waals surface area (Å²) in [5, 5.41) is 17.5. The molecule has 0 spiro atoms. The normalized spacial score (nSPS) is 14.7. The van der Waals surface area contributed by atoms with Crippen molar-refractivity contribution < 1.29 is 4.42 Å². The van der Waals surface area contributed by atoms with Gasteiger partial charge in [-0.3, -0.25) is 0 Å². The number of hydrogen-bond acceptors (Lipinski definition) is 4. The Bertz CT molecular complexity index is 753. The molecule has 1 fully saturated rings. The zero-order valence-corrected chi connectivity index (χ0v) is 17.3. The lowest BCUT2D eigenvalue weighted by atomic mass is 10.0. The van der Waals surface area contributed by atoms with E-state index in [9.17, 15) is 5.26 Å². The quantitative estimate of drug-likeness (QED) is 0.361. The molecule has 150 valence electrons. The van der Waals surface area contributed by atoms with Gasteiger partial charge in [-0.1, -0.05) is 76.8 Å². The first-order valence-electron chi connectivity index (χ1n) is 11.1. The van der Waals surface area contributed by atoms with Crippen LogP contribution < -0.4 is 0 Å². The molecule has 0 unspecified atom stereocenters. The fourth-order valence-corrected chi connectivity index (χ4v) is 3.66. The van der Waals surface area contributed by atoms with Crippen LogP contribution in [0.3, 0.4) is 0 Å². The molecule has 0 aliphatic heterocycles. The number of nitriles is 1. The molecule has 0 N–H and O–H groups in total. The molecule has 0 saturated heterocycles. The fourth-order valence-electron chi connectivity index (χ4n) is 3.66. The van der Waals surface area contributed by atoms with E-state index in [1.165, 1.54) is 69.8 Å². The molecule has 28 heavy (non-hydrogen) atoms. The van der Waals surface area contributed by atoms with Gasteiger partial charge in [-0.25, -0.2) is 0 Å². The standard InChI is InChI=1S/C24H33N3O/c1-2-3-4-5-6-7-8-9-10-11-12-20-13-15-21(16-14-20)22-26-27-23(28-22)24(19-25)17-18-24/h13-16H,2-12,17-18H2,1H3. The van der Waals surface area contributed by atoms with E-state index in [2.05, 4.69) is 47.5 Å². The molecule has 1 aliphatic rings. The van der Waals surface area contributed by atoms with Gasteiger partial charge in [-0.2, -0.15) is 5.26 Å². The van der Waals surface area contributed by atoms with Crippen molar-refractivity contribution in [1.29, 1.82) is 5.26 Å². The molecule has 1 heterocycles. The van der Waals surface area contributed by atoms with Gasteiger partial charge in [0.25, 0.3) is 0 Å². The Morgan fingerprint density at radius 3 is 2.07 bits per heavy atom. The third-order valence-corrected chi connectivity index (χ3v) is 5.82. The lowest BCUT2D eigenvalue weighted by Crippen LogP contribution is -2.02. The molecule has 0 bridgehead atoms.